The van der Waals surface area contributed by atoms with E-state index in [0.717, 1.165) is 10.1 Å². The van der Waals surface area contributed by atoms with Crippen molar-refractivity contribution < 1.29 is 22.3 Å². The molecule has 0 N–H and O–H groups in total. The first-order valence-corrected chi connectivity index (χ1v) is 12.9. The maximum Gasteiger partial charge on any atom is 0.264 e. The Morgan fingerprint density at radius 3 is 2.45 bits per heavy atom. The highest BCUT2D eigenvalue weighted by Crippen LogP contribution is 2.28. The molecule has 5 rings (SSSR count). The lowest BCUT2D eigenvalue weighted by Crippen LogP contribution is -2.48. The molecule has 0 atom stereocenters. The number of carbonyl (C=O) groups is 1. The van der Waals surface area contributed by atoms with Crippen molar-refractivity contribution in [1.82, 2.24) is 14.2 Å². The number of fused-ring (bicyclic) bond motifs is 1. The zero-order valence-corrected chi connectivity index (χ0v) is 19.4. The van der Waals surface area contributed by atoms with Crippen LogP contribution in [0, 0.1) is 5.82 Å². The van der Waals surface area contributed by atoms with Gasteiger partial charge in [0, 0.05) is 50.2 Å². The van der Waals surface area contributed by atoms with Gasteiger partial charge in [0.05, 0.1) is 18.1 Å². The summed E-state index contributed by atoms with van der Waals surface area (Å²) >= 11 is 1.37. The molecule has 2 aromatic heterocycles. The van der Waals surface area contributed by atoms with Gasteiger partial charge in [-0.05, 0) is 41.8 Å². The average molecular weight is 491 g/mol. The highest BCUT2D eigenvalue weighted by molar-refractivity contribution is 7.89. The van der Waals surface area contributed by atoms with Crippen LogP contribution in [0.1, 0.15) is 9.67 Å². The molecular weight excluding hydrogens is 467 g/mol. The summed E-state index contributed by atoms with van der Waals surface area (Å²) in [5, 5.41) is 0.735. The zero-order chi connectivity index (χ0) is 23.0. The number of ether oxygens (including phenoxy) is 1. The number of carbonyl (C=O) groups excluding carboxylic acids is 1. The number of pyridine rings is 1. The monoisotopic (exact) mass is 490 g/mol. The Morgan fingerprint density at radius 1 is 1.00 bits per heavy atom. The van der Waals surface area contributed by atoms with Gasteiger partial charge < -0.3 is 14.5 Å². The lowest BCUT2D eigenvalue weighted by molar-refractivity contribution is 0.0730. The molecule has 174 valence electrons. The van der Waals surface area contributed by atoms with Gasteiger partial charge in [-0.2, -0.15) is 4.31 Å². The van der Waals surface area contributed by atoms with Gasteiger partial charge in [-0.15, -0.1) is 11.3 Å². The molecule has 2 aliphatic heterocycles. The van der Waals surface area contributed by atoms with Gasteiger partial charge in [0.1, 0.15) is 16.5 Å². The van der Waals surface area contributed by atoms with Crippen molar-refractivity contribution in [3.05, 3.63) is 53.3 Å². The Balaban J connectivity index is 1.23. The first kappa shape index (κ1) is 22.2. The predicted molar refractivity (Wildman–Crippen MR) is 124 cm³/mol. The Hall–Kier alpha value is -2.60. The second-order valence-corrected chi connectivity index (χ2v) is 11.0. The van der Waals surface area contributed by atoms with Gasteiger partial charge in [0.15, 0.2) is 0 Å². The number of morpholine rings is 1. The molecular formula is C22H23FN4O4S2. The number of piperazine rings is 1. The highest BCUT2D eigenvalue weighted by Gasteiger charge is 2.28. The van der Waals surface area contributed by atoms with Crippen LogP contribution in [0.2, 0.25) is 0 Å². The number of aromatic nitrogens is 1. The van der Waals surface area contributed by atoms with Crippen molar-refractivity contribution in [3.8, 4) is 0 Å². The van der Waals surface area contributed by atoms with Crippen molar-refractivity contribution >= 4 is 43.2 Å². The molecule has 2 aliphatic rings. The first-order valence-electron chi connectivity index (χ1n) is 10.7. The van der Waals surface area contributed by atoms with Gasteiger partial charge in [-0.1, -0.05) is 0 Å². The largest absolute Gasteiger partial charge is 0.379 e. The van der Waals surface area contributed by atoms with E-state index >= 15 is 0 Å². The third kappa shape index (κ3) is 4.45. The molecule has 0 unspecified atom stereocenters. The molecule has 0 saturated carbocycles. The van der Waals surface area contributed by atoms with Crippen molar-refractivity contribution in [2.24, 2.45) is 0 Å². The quantitative estimate of drug-likeness (QED) is 0.559. The molecule has 2 saturated heterocycles. The van der Waals surface area contributed by atoms with E-state index in [9.17, 15) is 17.6 Å². The number of hydrogen-bond donors (Lipinski definition) is 0. The van der Waals surface area contributed by atoms with Crippen LogP contribution in [0.4, 0.5) is 10.2 Å². The summed E-state index contributed by atoms with van der Waals surface area (Å²) in [5.74, 6) is 0.306. The van der Waals surface area contributed by atoms with Crippen molar-refractivity contribution in [2.75, 3.05) is 57.4 Å². The van der Waals surface area contributed by atoms with Gasteiger partial charge in [-0.3, -0.25) is 4.79 Å². The molecule has 0 aliphatic carbocycles. The molecule has 2 fully saturated rings. The van der Waals surface area contributed by atoms with Crippen molar-refractivity contribution in [1.29, 1.82) is 0 Å². The second kappa shape index (κ2) is 8.98. The number of hydrogen-bond acceptors (Lipinski definition) is 7. The van der Waals surface area contributed by atoms with Crippen LogP contribution < -0.4 is 4.90 Å². The summed E-state index contributed by atoms with van der Waals surface area (Å²) < 4.78 is 46.5. The maximum atomic E-state index is 13.4. The van der Waals surface area contributed by atoms with Gasteiger partial charge in [-0.25, -0.2) is 17.8 Å². The van der Waals surface area contributed by atoms with E-state index in [2.05, 4.69) is 4.98 Å². The Morgan fingerprint density at radius 2 is 1.76 bits per heavy atom. The Labute approximate surface area is 195 Å². The van der Waals surface area contributed by atoms with Crippen LogP contribution in [0.25, 0.3) is 10.1 Å². The van der Waals surface area contributed by atoms with Crippen molar-refractivity contribution in [2.45, 2.75) is 4.90 Å². The number of sulfonamides is 1. The summed E-state index contributed by atoms with van der Waals surface area (Å²) in [6.07, 6.45) is 1.40. The smallest absolute Gasteiger partial charge is 0.264 e. The number of nitrogens with zero attached hydrogens (tertiary/aromatic N) is 4. The predicted octanol–water partition coefficient (Wildman–Crippen LogP) is 2.42. The topological polar surface area (TPSA) is 83.1 Å². The fourth-order valence-corrected chi connectivity index (χ4v) is 6.43. The number of amides is 1. The molecule has 4 heterocycles. The van der Waals surface area contributed by atoms with E-state index < -0.39 is 10.0 Å². The lowest BCUT2D eigenvalue weighted by Gasteiger charge is -2.35. The number of anilines is 1. The van der Waals surface area contributed by atoms with Crippen LogP contribution in [-0.4, -0.2) is 81.0 Å². The molecule has 0 spiro atoms. The molecule has 3 aromatic rings. The van der Waals surface area contributed by atoms with E-state index in [0.29, 0.717) is 63.2 Å². The lowest BCUT2D eigenvalue weighted by atomic mass is 10.2. The number of halogens is 1. The summed E-state index contributed by atoms with van der Waals surface area (Å²) in [4.78, 5) is 21.9. The number of thiophene rings is 1. The number of rotatable bonds is 4. The molecule has 1 amide bonds. The van der Waals surface area contributed by atoms with E-state index in [1.54, 1.807) is 29.2 Å². The fraction of sp³-hybridized carbons (Fsp3) is 0.364. The Bertz CT molecular complexity index is 1270. The van der Waals surface area contributed by atoms with Crippen LogP contribution in [0.15, 0.2) is 47.5 Å². The summed E-state index contributed by atoms with van der Waals surface area (Å²) in [5.41, 5.74) is 0. The molecule has 1 aromatic carbocycles. The third-order valence-electron chi connectivity index (χ3n) is 5.91. The summed E-state index contributed by atoms with van der Waals surface area (Å²) in [7, 11) is -3.58. The van der Waals surface area contributed by atoms with Gasteiger partial charge in [0.25, 0.3) is 5.91 Å². The van der Waals surface area contributed by atoms with E-state index in [-0.39, 0.29) is 16.6 Å². The van der Waals surface area contributed by atoms with Crippen LogP contribution in [0.3, 0.4) is 0 Å². The first-order chi connectivity index (χ1) is 15.9. The van der Waals surface area contributed by atoms with E-state index in [4.69, 9.17) is 4.74 Å². The second-order valence-electron chi connectivity index (χ2n) is 7.94. The molecule has 11 heteroatoms. The van der Waals surface area contributed by atoms with E-state index in [1.807, 2.05) is 4.90 Å². The molecule has 0 bridgehead atoms. The summed E-state index contributed by atoms with van der Waals surface area (Å²) in [6.45, 7) is 3.71. The van der Waals surface area contributed by atoms with Gasteiger partial charge >= 0.3 is 0 Å². The Kier molecular flexibility index (Phi) is 6.04. The molecule has 8 nitrogen and oxygen atoms in total. The molecule has 33 heavy (non-hydrogen) atoms. The minimum Gasteiger partial charge on any atom is -0.379 e. The van der Waals surface area contributed by atoms with Crippen LogP contribution >= 0.6 is 11.3 Å². The van der Waals surface area contributed by atoms with Crippen LogP contribution in [0.5, 0.6) is 0 Å². The SMILES string of the molecule is O=C(c1cc2cc(F)ccc2s1)N1CCN(c2ccc(S(=O)(=O)N3CCOCC3)cn2)CC1. The third-order valence-corrected chi connectivity index (χ3v) is 8.89. The highest BCUT2D eigenvalue weighted by atomic mass is 32.2. The van der Waals surface area contributed by atoms with Gasteiger partial charge in [0.2, 0.25) is 10.0 Å². The maximum absolute atomic E-state index is 13.4. The minimum absolute atomic E-state index is 0.0591. The van der Waals surface area contributed by atoms with E-state index in [1.165, 1.54) is 34.0 Å². The van der Waals surface area contributed by atoms with Crippen LogP contribution in [-0.2, 0) is 14.8 Å². The normalized spacial score (nSPS) is 18.1. The molecule has 0 radical (unpaired) electrons. The van der Waals surface area contributed by atoms with Crippen molar-refractivity contribution in [3.63, 3.8) is 0 Å². The number of benzene rings is 1. The fourth-order valence-electron chi connectivity index (χ4n) is 4.06. The minimum atomic E-state index is -3.58. The standard InChI is InChI=1S/C22H23FN4O4S2/c23-17-1-3-19-16(13-17)14-20(32-19)22(28)26-7-5-25(6-8-26)21-4-2-18(15-24-21)33(29,30)27-9-11-31-12-10-27/h1-4,13-15H,5-12H2. The summed E-state index contributed by atoms with van der Waals surface area (Å²) in [6, 6.07) is 9.57. The average Bonchev–Trinajstić information content (AvgIpc) is 3.27. The zero-order valence-electron chi connectivity index (χ0n) is 17.8.